The van der Waals surface area contributed by atoms with Crippen molar-refractivity contribution in [3.05, 3.63) is 0 Å². The average molecular weight is 251 g/mol. The van der Waals surface area contributed by atoms with Crippen LogP contribution in [0.1, 0.15) is 90.9 Å². The lowest BCUT2D eigenvalue weighted by atomic mass is 9.97. The Labute approximate surface area is 114 Å². The molecule has 0 amide bonds. The highest BCUT2D eigenvalue weighted by molar-refractivity contribution is 5.02. The molecule has 1 unspecified atom stereocenters. The van der Waals surface area contributed by atoms with Crippen LogP contribution < -0.4 is 5.32 Å². The predicted octanol–water partition coefficient (Wildman–Crippen LogP) is 5.05. The van der Waals surface area contributed by atoms with Gasteiger partial charge in [-0.15, -0.1) is 0 Å². The molecule has 18 heavy (non-hydrogen) atoms. The van der Waals surface area contributed by atoms with Gasteiger partial charge in [-0.05, 0) is 24.7 Å². The lowest BCUT2D eigenvalue weighted by molar-refractivity contribution is 0.383. The largest absolute Gasteiger partial charge is 0.311 e. The first kappa shape index (κ1) is 14.4. The van der Waals surface area contributed by atoms with Crippen LogP contribution in [0.3, 0.4) is 0 Å². The second-order valence-electron chi connectivity index (χ2n) is 7.37. The summed E-state index contributed by atoms with van der Waals surface area (Å²) in [6.45, 7) is 4.81. The van der Waals surface area contributed by atoms with E-state index in [1.165, 1.54) is 77.0 Å². The van der Waals surface area contributed by atoms with Gasteiger partial charge in [-0.2, -0.15) is 0 Å². The maximum Gasteiger partial charge on any atom is 0.0127 e. The Morgan fingerprint density at radius 2 is 1.11 bits per heavy atom. The van der Waals surface area contributed by atoms with Gasteiger partial charge in [-0.1, -0.05) is 71.6 Å². The maximum atomic E-state index is 3.94. The van der Waals surface area contributed by atoms with E-state index in [9.17, 15) is 0 Å². The number of rotatable bonds is 2. The van der Waals surface area contributed by atoms with Crippen molar-refractivity contribution in [3.8, 4) is 0 Å². The van der Waals surface area contributed by atoms with E-state index in [1.54, 1.807) is 0 Å². The van der Waals surface area contributed by atoms with Crippen LogP contribution in [0.4, 0.5) is 0 Å². The van der Waals surface area contributed by atoms with E-state index in [4.69, 9.17) is 0 Å². The fourth-order valence-corrected chi connectivity index (χ4v) is 3.37. The van der Waals surface area contributed by atoms with Crippen molar-refractivity contribution in [2.75, 3.05) is 0 Å². The summed E-state index contributed by atoms with van der Waals surface area (Å²) in [5.41, 5.74) is 0.587. The third-order valence-electron chi connectivity index (χ3n) is 5.06. The normalized spacial score (nSPS) is 31.3. The van der Waals surface area contributed by atoms with E-state index in [0.29, 0.717) is 5.41 Å². The zero-order chi connectivity index (χ0) is 12.8. The van der Waals surface area contributed by atoms with E-state index in [0.717, 1.165) is 12.1 Å². The smallest absolute Gasteiger partial charge is 0.0127 e. The van der Waals surface area contributed by atoms with E-state index in [2.05, 4.69) is 19.2 Å². The molecule has 0 aromatic rings. The summed E-state index contributed by atoms with van der Waals surface area (Å²) in [7, 11) is 0. The molecule has 0 saturated heterocycles. The topological polar surface area (TPSA) is 12.0 Å². The van der Waals surface area contributed by atoms with E-state index >= 15 is 0 Å². The number of hydrogen-bond acceptors (Lipinski definition) is 1. The lowest BCUT2D eigenvalue weighted by Gasteiger charge is -2.20. The highest BCUT2D eigenvalue weighted by Gasteiger charge is 2.45. The molecule has 0 aliphatic heterocycles. The minimum atomic E-state index is 0.587. The van der Waals surface area contributed by atoms with E-state index in [1.807, 2.05) is 0 Å². The summed E-state index contributed by atoms with van der Waals surface area (Å²) in [5, 5.41) is 3.94. The quantitative estimate of drug-likeness (QED) is 0.724. The SMILES string of the molecule is CC1(C)CC1NC1CCCCCCCCCCC1. The molecule has 1 heteroatoms. The van der Waals surface area contributed by atoms with E-state index < -0.39 is 0 Å². The summed E-state index contributed by atoms with van der Waals surface area (Å²) in [4.78, 5) is 0. The summed E-state index contributed by atoms with van der Waals surface area (Å²) >= 11 is 0. The molecule has 1 atom stereocenters. The van der Waals surface area contributed by atoms with Crippen molar-refractivity contribution in [1.82, 2.24) is 5.32 Å². The maximum absolute atomic E-state index is 3.94. The summed E-state index contributed by atoms with van der Waals surface area (Å²) in [5.74, 6) is 0. The predicted molar refractivity (Wildman–Crippen MR) is 79.9 cm³/mol. The highest BCUT2D eigenvalue weighted by atomic mass is 15.0. The minimum Gasteiger partial charge on any atom is -0.311 e. The van der Waals surface area contributed by atoms with Gasteiger partial charge in [0.1, 0.15) is 0 Å². The zero-order valence-corrected chi connectivity index (χ0v) is 12.6. The Morgan fingerprint density at radius 1 is 0.722 bits per heavy atom. The molecule has 0 aromatic heterocycles. The third-order valence-corrected chi connectivity index (χ3v) is 5.06. The lowest BCUT2D eigenvalue weighted by Crippen LogP contribution is -2.33. The molecule has 106 valence electrons. The molecule has 2 saturated carbocycles. The van der Waals surface area contributed by atoms with Crippen LogP contribution in [-0.4, -0.2) is 12.1 Å². The Bertz CT molecular complexity index is 222. The second kappa shape index (κ2) is 6.93. The minimum absolute atomic E-state index is 0.587. The fourth-order valence-electron chi connectivity index (χ4n) is 3.37. The Balaban J connectivity index is 1.71. The molecule has 0 radical (unpaired) electrons. The molecule has 2 fully saturated rings. The summed E-state index contributed by atoms with van der Waals surface area (Å²) < 4.78 is 0. The van der Waals surface area contributed by atoms with Gasteiger partial charge < -0.3 is 5.32 Å². The monoisotopic (exact) mass is 251 g/mol. The van der Waals surface area contributed by atoms with Gasteiger partial charge in [0.25, 0.3) is 0 Å². The van der Waals surface area contributed by atoms with Gasteiger partial charge in [-0.25, -0.2) is 0 Å². The standard InChI is InChI=1S/C17H33N/c1-17(2)14-16(17)18-15-12-10-8-6-4-3-5-7-9-11-13-15/h15-16,18H,3-14H2,1-2H3. The molecule has 0 spiro atoms. The van der Waals surface area contributed by atoms with Gasteiger partial charge in [0.15, 0.2) is 0 Å². The Morgan fingerprint density at radius 3 is 1.50 bits per heavy atom. The average Bonchev–Trinajstić information content (AvgIpc) is 2.90. The van der Waals surface area contributed by atoms with Crippen molar-refractivity contribution in [3.63, 3.8) is 0 Å². The zero-order valence-electron chi connectivity index (χ0n) is 12.6. The second-order valence-corrected chi connectivity index (χ2v) is 7.37. The molecular formula is C17H33N. The molecule has 0 bridgehead atoms. The van der Waals surface area contributed by atoms with Gasteiger partial charge in [0.2, 0.25) is 0 Å². The molecule has 1 N–H and O–H groups in total. The summed E-state index contributed by atoms with van der Waals surface area (Å²) in [6.07, 6.45) is 17.5. The molecular weight excluding hydrogens is 218 g/mol. The first-order valence-electron chi connectivity index (χ1n) is 8.44. The van der Waals surface area contributed by atoms with Crippen LogP contribution in [0.15, 0.2) is 0 Å². The van der Waals surface area contributed by atoms with Crippen LogP contribution in [0.25, 0.3) is 0 Å². The Kier molecular flexibility index (Phi) is 5.54. The van der Waals surface area contributed by atoms with Crippen LogP contribution in [-0.2, 0) is 0 Å². The van der Waals surface area contributed by atoms with Crippen LogP contribution in [0.2, 0.25) is 0 Å². The van der Waals surface area contributed by atoms with Crippen LogP contribution in [0, 0.1) is 5.41 Å². The van der Waals surface area contributed by atoms with Crippen LogP contribution >= 0.6 is 0 Å². The number of nitrogens with one attached hydrogen (secondary N) is 1. The van der Waals surface area contributed by atoms with Gasteiger partial charge in [0.05, 0.1) is 0 Å². The van der Waals surface area contributed by atoms with Gasteiger partial charge in [-0.3, -0.25) is 0 Å². The van der Waals surface area contributed by atoms with Crippen molar-refractivity contribution in [2.24, 2.45) is 5.41 Å². The molecule has 2 rings (SSSR count). The molecule has 0 aromatic carbocycles. The van der Waals surface area contributed by atoms with Crippen molar-refractivity contribution >= 4 is 0 Å². The van der Waals surface area contributed by atoms with Crippen LogP contribution in [0.5, 0.6) is 0 Å². The first-order valence-corrected chi connectivity index (χ1v) is 8.44. The molecule has 2 aliphatic rings. The Hall–Kier alpha value is -0.0400. The number of hydrogen-bond donors (Lipinski definition) is 1. The van der Waals surface area contributed by atoms with Crippen molar-refractivity contribution < 1.29 is 0 Å². The fraction of sp³-hybridized carbons (Fsp3) is 1.00. The van der Waals surface area contributed by atoms with Crippen molar-refractivity contribution in [1.29, 1.82) is 0 Å². The molecule has 0 heterocycles. The van der Waals surface area contributed by atoms with Crippen molar-refractivity contribution in [2.45, 2.75) is 103 Å². The molecule has 2 aliphatic carbocycles. The first-order chi connectivity index (χ1) is 8.68. The third kappa shape index (κ3) is 4.91. The molecule has 1 nitrogen and oxygen atoms in total. The van der Waals surface area contributed by atoms with Gasteiger partial charge in [0, 0.05) is 12.1 Å². The van der Waals surface area contributed by atoms with Gasteiger partial charge >= 0.3 is 0 Å². The van der Waals surface area contributed by atoms with E-state index in [-0.39, 0.29) is 0 Å². The summed E-state index contributed by atoms with van der Waals surface area (Å²) in [6, 6.07) is 1.63. The highest BCUT2D eigenvalue weighted by Crippen LogP contribution is 2.45.